The molecule has 3 aliphatic rings. The second-order valence-electron chi connectivity index (χ2n) is 9.51. The van der Waals surface area contributed by atoms with Crippen molar-refractivity contribution in [2.24, 2.45) is 16.3 Å². The molecule has 174 valence electrons. The lowest BCUT2D eigenvalue weighted by Crippen LogP contribution is -2.69. The van der Waals surface area contributed by atoms with Gasteiger partial charge >= 0.3 is 0 Å². The predicted molar refractivity (Wildman–Crippen MR) is 137 cm³/mol. The first-order chi connectivity index (χ1) is 13.8. The summed E-state index contributed by atoms with van der Waals surface area (Å²) in [4.78, 5) is 19.6. The SMILES string of the molecule is CCN=C(NC1CCC(C(=O)N2CCSCC2)CC1)NC1CC(C)(OC)C1(C)C.I. The number of ether oxygens (including phenoxy) is 1. The fourth-order valence-electron chi connectivity index (χ4n) is 4.90. The summed E-state index contributed by atoms with van der Waals surface area (Å²) in [5.41, 5.74) is -0.0396. The van der Waals surface area contributed by atoms with Crippen molar-refractivity contribution in [1.82, 2.24) is 15.5 Å². The van der Waals surface area contributed by atoms with Gasteiger partial charge in [-0.05, 0) is 46.0 Å². The molecule has 2 unspecified atom stereocenters. The van der Waals surface area contributed by atoms with Crippen LogP contribution in [-0.4, -0.2) is 72.7 Å². The maximum atomic E-state index is 12.8. The average molecular weight is 553 g/mol. The standard InChI is InChI=1S/C22H40N4O2S.HI/c1-6-23-20(25-18-15-22(4,28-5)21(18,2)3)24-17-9-7-16(8-10-17)19(27)26-11-13-29-14-12-26;/h16-18H,6-15H2,1-5H3,(H2,23,24,25);1H. The number of halogens is 1. The normalized spacial score (nSPS) is 33.8. The van der Waals surface area contributed by atoms with Gasteiger partial charge in [-0.25, -0.2) is 0 Å². The Hall–Kier alpha value is -0.220. The van der Waals surface area contributed by atoms with Gasteiger partial charge in [0, 0.05) is 61.7 Å². The summed E-state index contributed by atoms with van der Waals surface area (Å²) in [7, 11) is 1.81. The Labute approximate surface area is 204 Å². The van der Waals surface area contributed by atoms with Gasteiger partial charge in [-0.2, -0.15) is 11.8 Å². The molecular weight excluding hydrogens is 511 g/mol. The number of amides is 1. The van der Waals surface area contributed by atoms with Crippen molar-refractivity contribution >= 4 is 47.6 Å². The first-order valence-electron chi connectivity index (χ1n) is 11.3. The second kappa shape index (κ2) is 11.1. The van der Waals surface area contributed by atoms with E-state index in [0.717, 1.165) is 69.2 Å². The highest BCUT2D eigenvalue weighted by Gasteiger charge is 2.58. The number of hydrogen-bond donors (Lipinski definition) is 2. The minimum absolute atomic E-state index is 0. The summed E-state index contributed by atoms with van der Waals surface area (Å²) >= 11 is 1.95. The Kier molecular flexibility index (Phi) is 9.61. The van der Waals surface area contributed by atoms with Crippen molar-refractivity contribution in [3.8, 4) is 0 Å². The fraction of sp³-hybridized carbons (Fsp3) is 0.909. The van der Waals surface area contributed by atoms with Crippen molar-refractivity contribution < 1.29 is 9.53 Å². The fourth-order valence-corrected chi connectivity index (χ4v) is 5.80. The number of nitrogens with one attached hydrogen (secondary N) is 2. The van der Waals surface area contributed by atoms with Crippen molar-refractivity contribution in [3.63, 3.8) is 0 Å². The van der Waals surface area contributed by atoms with E-state index in [1.54, 1.807) is 7.11 Å². The zero-order chi connectivity index (χ0) is 21.1. The number of nitrogens with zero attached hydrogens (tertiary/aromatic N) is 2. The monoisotopic (exact) mass is 552 g/mol. The third-order valence-corrected chi connectivity index (χ3v) is 8.59. The quantitative estimate of drug-likeness (QED) is 0.311. The molecule has 6 nitrogen and oxygen atoms in total. The third-order valence-electron chi connectivity index (χ3n) is 7.65. The van der Waals surface area contributed by atoms with Gasteiger partial charge in [-0.15, -0.1) is 24.0 Å². The molecular formula is C22H41IN4O2S. The summed E-state index contributed by atoms with van der Waals surface area (Å²) in [6.45, 7) is 11.4. The molecule has 8 heteroatoms. The van der Waals surface area contributed by atoms with Gasteiger partial charge in [0.25, 0.3) is 0 Å². The number of hydrogen-bond acceptors (Lipinski definition) is 4. The molecule has 0 spiro atoms. The van der Waals surface area contributed by atoms with E-state index in [4.69, 9.17) is 4.74 Å². The predicted octanol–water partition coefficient (Wildman–Crippen LogP) is 3.50. The number of carbonyl (C=O) groups excluding carboxylic acids is 1. The van der Waals surface area contributed by atoms with Gasteiger partial charge in [0.05, 0.1) is 5.60 Å². The third kappa shape index (κ3) is 5.57. The Balaban J connectivity index is 0.00000320. The molecule has 3 fully saturated rings. The van der Waals surface area contributed by atoms with E-state index in [0.29, 0.717) is 18.0 Å². The molecule has 1 amide bonds. The molecule has 2 aliphatic carbocycles. The van der Waals surface area contributed by atoms with Crippen LogP contribution in [0.5, 0.6) is 0 Å². The Morgan fingerprint density at radius 2 is 1.77 bits per heavy atom. The molecule has 0 aromatic rings. The minimum atomic E-state index is -0.0899. The number of aliphatic imine (C=N–C) groups is 1. The highest BCUT2D eigenvalue weighted by Crippen LogP contribution is 2.51. The van der Waals surface area contributed by atoms with Crippen molar-refractivity contribution in [2.75, 3.05) is 38.2 Å². The van der Waals surface area contributed by atoms with Crippen LogP contribution in [0, 0.1) is 11.3 Å². The first-order valence-corrected chi connectivity index (χ1v) is 12.5. The molecule has 2 saturated carbocycles. The van der Waals surface area contributed by atoms with Crippen LogP contribution in [0.2, 0.25) is 0 Å². The smallest absolute Gasteiger partial charge is 0.225 e. The van der Waals surface area contributed by atoms with E-state index in [9.17, 15) is 4.79 Å². The van der Waals surface area contributed by atoms with E-state index in [-0.39, 0.29) is 40.9 Å². The molecule has 1 aliphatic heterocycles. The van der Waals surface area contributed by atoms with Crippen molar-refractivity contribution in [1.29, 1.82) is 0 Å². The van der Waals surface area contributed by atoms with Crippen LogP contribution < -0.4 is 10.6 Å². The first kappa shape index (κ1) is 26.0. The van der Waals surface area contributed by atoms with Crippen LogP contribution in [0.3, 0.4) is 0 Å². The molecule has 3 rings (SSSR count). The largest absolute Gasteiger partial charge is 0.378 e. The van der Waals surface area contributed by atoms with E-state index in [1.807, 2.05) is 11.8 Å². The van der Waals surface area contributed by atoms with Gasteiger partial charge in [-0.1, -0.05) is 13.8 Å². The minimum Gasteiger partial charge on any atom is -0.378 e. The molecule has 0 aromatic carbocycles. The lowest BCUT2D eigenvalue weighted by atomic mass is 9.56. The van der Waals surface area contributed by atoms with Crippen LogP contribution >= 0.6 is 35.7 Å². The molecule has 0 radical (unpaired) electrons. The Morgan fingerprint density at radius 3 is 2.30 bits per heavy atom. The maximum Gasteiger partial charge on any atom is 0.225 e. The van der Waals surface area contributed by atoms with Gasteiger partial charge in [0.15, 0.2) is 5.96 Å². The molecule has 0 bridgehead atoms. The zero-order valence-corrected chi connectivity index (χ0v) is 22.5. The molecule has 2 N–H and O–H groups in total. The van der Waals surface area contributed by atoms with E-state index in [1.165, 1.54) is 0 Å². The van der Waals surface area contributed by atoms with Crippen LogP contribution in [0.25, 0.3) is 0 Å². The maximum absolute atomic E-state index is 12.8. The molecule has 1 saturated heterocycles. The molecule has 30 heavy (non-hydrogen) atoms. The zero-order valence-electron chi connectivity index (χ0n) is 19.3. The number of guanidine groups is 1. The summed E-state index contributed by atoms with van der Waals surface area (Å²) in [6, 6.07) is 0.742. The number of rotatable bonds is 5. The van der Waals surface area contributed by atoms with Gasteiger partial charge < -0.3 is 20.3 Å². The summed E-state index contributed by atoms with van der Waals surface area (Å²) < 4.78 is 5.76. The molecule has 2 atom stereocenters. The van der Waals surface area contributed by atoms with E-state index < -0.39 is 0 Å². The topological polar surface area (TPSA) is 66.0 Å². The Morgan fingerprint density at radius 1 is 1.13 bits per heavy atom. The van der Waals surface area contributed by atoms with Crippen molar-refractivity contribution in [2.45, 2.75) is 77.5 Å². The second-order valence-corrected chi connectivity index (χ2v) is 10.7. The van der Waals surface area contributed by atoms with E-state index in [2.05, 4.69) is 48.2 Å². The van der Waals surface area contributed by atoms with Crippen LogP contribution in [-0.2, 0) is 9.53 Å². The summed E-state index contributed by atoms with van der Waals surface area (Å²) in [5, 5.41) is 7.30. The van der Waals surface area contributed by atoms with Crippen LogP contribution in [0.1, 0.15) is 59.8 Å². The highest BCUT2D eigenvalue weighted by atomic mass is 127. The summed E-state index contributed by atoms with van der Waals surface area (Å²) in [5.74, 6) is 3.69. The van der Waals surface area contributed by atoms with Crippen LogP contribution in [0.4, 0.5) is 0 Å². The van der Waals surface area contributed by atoms with Crippen molar-refractivity contribution in [3.05, 3.63) is 0 Å². The van der Waals surface area contributed by atoms with Gasteiger partial charge in [-0.3, -0.25) is 9.79 Å². The lowest BCUT2D eigenvalue weighted by molar-refractivity contribution is -0.176. The van der Waals surface area contributed by atoms with Crippen LogP contribution in [0.15, 0.2) is 4.99 Å². The van der Waals surface area contributed by atoms with E-state index >= 15 is 0 Å². The Bertz CT molecular complexity index is 604. The number of methoxy groups -OCH3 is 1. The summed E-state index contributed by atoms with van der Waals surface area (Å²) in [6.07, 6.45) is 5.02. The highest BCUT2D eigenvalue weighted by molar-refractivity contribution is 14.0. The van der Waals surface area contributed by atoms with Gasteiger partial charge in [0.2, 0.25) is 5.91 Å². The van der Waals surface area contributed by atoms with Gasteiger partial charge in [0.1, 0.15) is 0 Å². The number of carbonyl (C=O) groups is 1. The average Bonchev–Trinajstić information content (AvgIpc) is 2.74. The lowest BCUT2D eigenvalue weighted by Gasteiger charge is -2.59. The molecule has 0 aromatic heterocycles. The molecule has 1 heterocycles. The number of thioether (sulfide) groups is 1.